The molecule has 0 aliphatic carbocycles. The first kappa shape index (κ1) is 16.2. The summed E-state index contributed by atoms with van der Waals surface area (Å²) in [4.78, 5) is 12.0. The van der Waals surface area contributed by atoms with Gasteiger partial charge in [-0.15, -0.1) is 0 Å². The second-order valence-electron chi connectivity index (χ2n) is 4.02. The van der Waals surface area contributed by atoms with Gasteiger partial charge in [0.05, 0.1) is 5.57 Å². The molecule has 1 aromatic rings. The van der Waals surface area contributed by atoms with Crippen molar-refractivity contribution >= 4 is 17.4 Å². The Balaban J connectivity index is 2.97. The molecule has 20 heavy (non-hydrogen) atoms. The SMILES string of the molecule is C=C/C=C(\C(=C)C(F)(F)F)C(=O)Cc1ccc(Cl)cc1. The van der Waals surface area contributed by atoms with Crippen LogP contribution in [0.2, 0.25) is 5.02 Å². The lowest BCUT2D eigenvalue weighted by molar-refractivity contribution is -0.117. The molecule has 0 radical (unpaired) electrons. The Morgan fingerprint density at radius 3 is 2.25 bits per heavy atom. The van der Waals surface area contributed by atoms with Gasteiger partial charge in [0.25, 0.3) is 0 Å². The number of hydrogen-bond acceptors (Lipinski definition) is 1. The Labute approximate surface area is 120 Å². The number of halogens is 4. The Hall–Kier alpha value is -1.81. The highest BCUT2D eigenvalue weighted by molar-refractivity contribution is 6.30. The summed E-state index contributed by atoms with van der Waals surface area (Å²) in [5.74, 6) is -0.672. The number of benzene rings is 1. The summed E-state index contributed by atoms with van der Waals surface area (Å²) >= 11 is 5.70. The van der Waals surface area contributed by atoms with Crippen LogP contribution in [0.1, 0.15) is 5.56 Å². The number of alkyl halides is 3. The quantitative estimate of drug-likeness (QED) is 0.570. The smallest absolute Gasteiger partial charge is 0.294 e. The summed E-state index contributed by atoms with van der Waals surface area (Å²) in [5, 5.41) is 0.489. The largest absolute Gasteiger partial charge is 0.416 e. The van der Waals surface area contributed by atoms with Crippen molar-refractivity contribution in [3.63, 3.8) is 0 Å². The van der Waals surface area contributed by atoms with Crippen molar-refractivity contribution in [2.24, 2.45) is 0 Å². The van der Waals surface area contributed by atoms with Gasteiger partial charge in [-0.05, 0) is 17.7 Å². The van der Waals surface area contributed by atoms with E-state index < -0.39 is 23.1 Å². The molecule has 0 heterocycles. The van der Waals surface area contributed by atoms with Crippen molar-refractivity contribution in [2.45, 2.75) is 12.6 Å². The minimum Gasteiger partial charge on any atom is -0.294 e. The molecule has 0 saturated heterocycles. The molecule has 0 aromatic heterocycles. The molecule has 0 fully saturated rings. The van der Waals surface area contributed by atoms with Crippen LogP contribution < -0.4 is 0 Å². The maximum absolute atomic E-state index is 12.6. The summed E-state index contributed by atoms with van der Waals surface area (Å²) in [6.45, 7) is 6.25. The molecule has 0 unspecified atom stereocenters. The topological polar surface area (TPSA) is 17.1 Å². The zero-order valence-corrected chi connectivity index (χ0v) is 11.3. The second-order valence-corrected chi connectivity index (χ2v) is 4.46. The van der Waals surface area contributed by atoms with Gasteiger partial charge in [0.1, 0.15) is 0 Å². The minimum atomic E-state index is -4.65. The summed E-state index contributed by atoms with van der Waals surface area (Å²) in [6.07, 6.45) is -2.66. The molecule has 0 aliphatic heterocycles. The molecule has 1 aromatic carbocycles. The van der Waals surface area contributed by atoms with Crippen LogP contribution in [-0.4, -0.2) is 12.0 Å². The monoisotopic (exact) mass is 300 g/mol. The van der Waals surface area contributed by atoms with Gasteiger partial charge in [-0.3, -0.25) is 4.79 Å². The number of carbonyl (C=O) groups is 1. The molecular formula is C15H12ClF3O. The van der Waals surface area contributed by atoms with Gasteiger partial charge in [-0.2, -0.15) is 13.2 Å². The van der Waals surface area contributed by atoms with Crippen LogP contribution in [0.5, 0.6) is 0 Å². The summed E-state index contributed by atoms with van der Waals surface area (Å²) in [5.41, 5.74) is -1.08. The van der Waals surface area contributed by atoms with Crippen molar-refractivity contribution in [1.82, 2.24) is 0 Å². The van der Waals surface area contributed by atoms with E-state index >= 15 is 0 Å². The molecule has 106 valence electrons. The van der Waals surface area contributed by atoms with Crippen LogP contribution in [0.3, 0.4) is 0 Å². The summed E-state index contributed by atoms with van der Waals surface area (Å²) in [6, 6.07) is 6.31. The average molecular weight is 301 g/mol. The molecule has 0 bridgehead atoms. The molecule has 0 N–H and O–H groups in total. The number of rotatable bonds is 5. The third kappa shape index (κ3) is 4.38. The van der Waals surface area contributed by atoms with Crippen molar-refractivity contribution in [3.05, 3.63) is 71.3 Å². The normalized spacial score (nSPS) is 12.1. The standard InChI is InChI=1S/C15H12ClF3O/c1-3-4-13(10(2)15(17,18)19)14(20)9-11-5-7-12(16)8-6-11/h3-8H,1-2,9H2/b13-4+. The highest BCUT2D eigenvalue weighted by Crippen LogP contribution is 2.30. The van der Waals surface area contributed by atoms with E-state index in [1.165, 1.54) is 0 Å². The maximum Gasteiger partial charge on any atom is 0.416 e. The second kappa shape index (κ2) is 6.57. The first-order valence-electron chi connectivity index (χ1n) is 5.62. The Morgan fingerprint density at radius 1 is 1.25 bits per heavy atom. The number of Topliss-reactive ketones (excluding diaryl/α,β-unsaturated/α-hetero) is 1. The van der Waals surface area contributed by atoms with Crippen molar-refractivity contribution < 1.29 is 18.0 Å². The molecule has 0 aliphatic rings. The molecule has 1 rings (SSSR count). The Kier molecular flexibility index (Phi) is 5.34. The molecule has 0 atom stereocenters. The van der Waals surface area contributed by atoms with Crippen LogP contribution in [0.4, 0.5) is 13.2 Å². The van der Waals surface area contributed by atoms with Crippen LogP contribution in [-0.2, 0) is 11.2 Å². The van der Waals surface area contributed by atoms with Crippen LogP contribution in [0.15, 0.2) is 60.7 Å². The first-order valence-corrected chi connectivity index (χ1v) is 6.00. The lowest BCUT2D eigenvalue weighted by Crippen LogP contribution is -2.19. The van der Waals surface area contributed by atoms with E-state index in [0.717, 1.165) is 12.2 Å². The number of allylic oxidation sites excluding steroid dienone is 4. The van der Waals surface area contributed by atoms with E-state index in [1.807, 2.05) is 0 Å². The van der Waals surface area contributed by atoms with E-state index in [0.29, 0.717) is 10.6 Å². The first-order chi connectivity index (χ1) is 9.25. The highest BCUT2D eigenvalue weighted by Gasteiger charge is 2.36. The Bertz CT molecular complexity index is 553. The number of carbonyl (C=O) groups excluding carboxylic acids is 1. The van der Waals surface area contributed by atoms with Gasteiger partial charge in [0.2, 0.25) is 0 Å². The zero-order valence-electron chi connectivity index (χ0n) is 10.5. The van der Waals surface area contributed by atoms with Crippen molar-refractivity contribution in [3.8, 4) is 0 Å². The minimum absolute atomic E-state index is 0.161. The third-order valence-electron chi connectivity index (χ3n) is 2.53. The lowest BCUT2D eigenvalue weighted by Gasteiger charge is -2.13. The summed E-state index contributed by atoms with van der Waals surface area (Å²) < 4.78 is 37.9. The lowest BCUT2D eigenvalue weighted by atomic mass is 9.97. The highest BCUT2D eigenvalue weighted by atomic mass is 35.5. The van der Waals surface area contributed by atoms with Gasteiger partial charge in [-0.25, -0.2) is 0 Å². The van der Waals surface area contributed by atoms with Gasteiger partial charge >= 0.3 is 6.18 Å². The molecule has 0 amide bonds. The van der Waals surface area contributed by atoms with Crippen LogP contribution >= 0.6 is 11.6 Å². The van der Waals surface area contributed by atoms with E-state index in [4.69, 9.17) is 11.6 Å². The number of ketones is 1. The van der Waals surface area contributed by atoms with E-state index in [9.17, 15) is 18.0 Å². The predicted octanol–water partition coefficient (Wildman–Crippen LogP) is 4.68. The van der Waals surface area contributed by atoms with Crippen LogP contribution in [0, 0.1) is 0 Å². The van der Waals surface area contributed by atoms with Crippen LogP contribution in [0.25, 0.3) is 0 Å². The van der Waals surface area contributed by atoms with E-state index in [2.05, 4.69) is 13.2 Å². The van der Waals surface area contributed by atoms with Gasteiger partial charge in [0.15, 0.2) is 5.78 Å². The number of hydrogen-bond donors (Lipinski definition) is 0. The fourth-order valence-corrected chi connectivity index (χ4v) is 1.64. The van der Waals surface area contributed by atoms with Crippen molar-refractivity contribution in [2.75, 3.05) is 0 Å². The fourth-order valence-electron chi connectivity index (χ4n) is 1.52. The molecule has 0 saturated carbocycles. The zero-order chi connectivity index (χ0) is 15.3. The molecular weight excluding hydrogens is 289 g/mol. The molecule has 1 nitrogen and oxygen atoms in total. The van der Waals surface area contributed by atoms with E-state index in [1.54, 1.807) is 24.3 Å². The van der Waals surface area contributed by atoms with E-state index in [-0.39, 0.29) is 6.42 Å². The Morgan fingerprint density at radius 2 is 1.80 bits per heavy atom. The fraction of sp³-hybridized carbons (Fsp3) is 0.133. The average Bonchev–Trinajstić information content (AvgIpc) is 2.36. The predicted molar refractivity (Wildman–Crippen MR) is 73.6 cm³/mol. The summed E-state index contributed by atoms with van der Waals surface area (Å²) in [7, 11) is 0. The molecule has 5 heteroatoms. The molecule has 0 spiro atoms. The van der Waals surface area contributed by atoms with Gasteiger partial charge in [0, 0.05) is 17.0 Å². The van der Waals surface area contributed by atoms with Gasteiger partial charge < -0.3 is 0 Å². The van der Waals surface area contributed by atoms with Gasteiger partial charge in [-0.1, -0.05) is 49.0 Å². The maximum atomic E-state index is 12.6. The van der Waals surface area contributed by atoms with Crippen molar-refractivity contribution in [1.29, 1.82) is 0 Å². The third-order valence-corrected chi connectivity index (χ3v) is 2.78.